The van der Waals surface area contributed by atoms with Gasteiger partial charge in [-0.25, -0.2) is 4.79 Å². The van der Waals surface area contributed by atoms with Gasteiger partial charge < -0.3 is 24.8 Å². The summed E-state index contributed by atoms with van der Waals surface area (Å²) < 4.78 is 5.08. The highest BCUT2D eigenvalue weighted by atomic mass is 16.6. The Hall–Kier alpha value is -1.50. The third kappa shape index (κ3) is 5.76. The second-order valence-electron chi connectivity index (χ2n) is 7.20. The number of nitrogens with zero attached hydrogens (tertiary/aromatic N) is 4. The van der Waals surface area contributed by atoms with Gasteiger partial charge in [0, 0.05) is 52.4 Å². The molecule has 0 bridgehead atoms. The molecule has 0 aliphatic carbocycles. The molecule has 2 saturated heterocycles. The van der Waals surface area contributed by atoms with Crippen LogP contribution in [0.5, 0.6) is 0 Å². The maximum absolute atomic E-state index is 11.8. The van der Waals surface area contributed by atoms with E-state index in [-0.39, 0.29) is 6.09 Å². The quantitative estimate of drug-likeness (QED) is 0.612. The fourth-order valence-electron chi connectivity index (χ4n) is 3.62. The fourth-order valence-corrected chi connectivity index (χ4v) is 3.62. The summed E-state index contributed by atoms with van der Waals surface area (Å²) in [7, 11) is 1.83. The molecule has 0 saturated carbocycles. The molecule has 0 aromatic heterocycles. The molecule has 0 radical (unpaired) electrons. The lowest BCUT2D eigenvalue weighted by molar-refractivity contribution is 0.0912. The van der Waals surface area contributed by atoms with Gasteiger partial charge in [0.15, 0.2) is 5.96 Å². The molecule has 144 valence electrons. The minimum absolute atomic E-state index is 0.207. The van der Waals surface area contributed by atoms with Crippen molar-refractivity contribution in [2.24, 2.45) is 10.9 Å². The summed E-state index contributed by atoms with van der Waals surface area (Å²) in [5.41, 5.74) is 0. The normalized spacial score (nSPS) is 23.1. The first-order valence-corrected chi connectivity index (χ1v) is 9.66. The molecule has 1 N–H and O–H groups in total. The lowest BCUT2D eigenvalue weighted by Crippen LogP contribution is -2.54. The van der Waals surface area contributed by atoms with E-state index in [2.05, 4.69) is 34.0 Å². The van der Waals surface area contributed by atoms with Gasteiger partial charge in [0.1, 0.15) is 0 Å². The number of carbonyl (C=O) groups is 1. The molecular weight excluding hydrogens is 318 g/mol. The van der Waals surface area contributed by atoms with E-state index < -0.39 is 0 Å². The number of aliphatic imine (C=N–C) groups is 1. The van der Waals surface area contributed by atoms with Crippen LogP contribution in [0.3, 0.4) is 0 Å². The van der Waals surface area contributed by atoms with Crippen LogP contribution in [0.1, 0.15) is 33.6 Å². The number of piperazine rings is 1. The lowest BCUT2D eigenvalue weighted by Gasteiger charge is -2.38. The third-order valence-corrected chi connectivity index (χ3v) is 5.15. The van der Waals surface area contributed by atoms with Crippen LogP contribution in [0.2, 0.25) is 0 Å². The van der Waals surface area contributed by atoms with Crippen molar-refractivity contribution in [2.45, 2.75) is 39.7 Å². The van der Waals surface area contributed by atoms with Crippen molar-refractivity contribution in [3.63, 3.8) is 0 Å². The summed E-state index contributed by atoms with van der Waals surface area (Å²) in [5.74, 6) is 1.62. The summed E-state index contributed by atoms with van der Waals surface area (Å²) >= 11 is 0. The van der Waals surface area contributed by atoms with Gasteiger partial charge >= 0.3 is 6.09 Å². The van der Waals surface area contributed by atoms with Crippen LogP contribution >= 0.6 is 0 Å². The Morgan fingerprint density at radius 3 is 2.48 bits per heavy atom. The number of hydrogen-bond acceptors (Lipinski definition) is 4. The molecule has 7 nitrogen and oxygen atoms in total. The first-order chi connectivity index (χ1) is 12.0. The molecule has 2 aliphatic rings. The van der Waals surface area contributed by atoms with Crippen molar-refractivity contribution in [3.05, 3.63) is 0 Å². The van der Waals surface area contributed by atoms with Crippen molar-refractivity contribution in [2.75, 3.05) is 59.5 Å². The Morgan fingerprint density at radius 2 is 1.88 bits per heavy atom. The lowest BCUT2D eigenvalue weighted by atomic mass is 9.97. The predicted molar refractivity (Wildman–Crippen MR) is 101 cm³/mol. The standard InChI is InChI=1S/C18H35N5O2/c1-5-25-18(24)22-11-9-21(10-12-22)17(19-4)20-13-16-7-6-8-23(14-16)15(2)3/h15-16H,5-14H2,1-4H3,(H,19,20). The minimum Gasteiger partial charge on any atom is -0.450 e. The summed E-state index contributed by atoms with van der Waals surface area (Å²) in [5, 5.41) is 3.55. The summed E-state index contributed by atoms with van der Waals surface area (Å²) in [6.07, 6.45) is 2.35. The van der Waals surface area contributed by atoms with Crippen LogP contribution in [0, 0.1) is 5.92 Å². The highest BCUT2D eigenvalue weighted by Gasteiger charge is 2.25. The highest BCUT2D eigenvalue weighted by Crippen LogP contribution is 2.17. The molecule has 1 unspecified atom stereocenters. The van der Waals surface area contributed by atoms with Gasteiger partial charge in [0.2, 0.25) is 0 Å². The van der Waals surface area contributed by atoms with Gasteiger partial charge in [0.25, 0.3) is 0 Å². The van der Waals surface area contributed by atoms with Gasteiger partial charge in [-0.05, 0) is 46.1 Å². The summed E-state index contributed by atoms with van der Waals surface area (Å²) in [6, 6.07) is 0.623. The number of guanidine groups is 1. The Bertz CT molecular complexity index is 447. The van der Waals surface area contributed by atoms with Crippen LogP contribution in [-0.2, 0) is 4.74 Å². The monoisotopic (exact) mass is 353 g/mol. The van der Waals surface area contributed by atoms with E-state index in [1.54, 1.807) is 4.90 Å². The predicted octanol–water partition coefficient (Wildman–Crippen LogP) is 1.46. The van der Waals surface area contributed by atoms with Crippen LogP contribution in [0.15, 0.2) is 4.99 Å². The van der Waals surface area contributed by atoms with Gasteiger partial charge in [-0.2, -0.15) is 0 Å². The SMILES string of the molecule is CCOC(=O)N1CCN(C(=NC)NCC2CCCN(C(C)C)C2)CC1. The Morgan fingerprint density at radius 1 is 1.20 bits per heavy atom. The van der Waals surface area contributed by atoms with Crippen LogP contribution in [-0.4, -0.2) is 92.3 Å². The first kappa shape index (κ1) is 19.8. The summed E-state index contributed by atoms with van der Waals surface area (Å²) in [4.78, 5) is 22.8. The Balaban J connectivity index is 1.77. The largest absolute Gasteiger partial charge is 0.450 e. The molecule has 7 heteroatoms. The zero-order valence-corrected chi connectivity index (χ0v) is 16.3. The molecule has 1 atom stereocenters. The number of rotatable bonds is 4. The van der Waals surface area contributed by atoms with E-state index in [9.17, 15) is 4.79 Å². The van der Waals surface area contributed by atoms with Crippen LogP contribution < -0.4 is 5.32 Å². The van der Waals surface area contributed by atoms with Gasteiger partial charge in [-0.15, -0.1) is 0 Å². The molecule has 2 aliphatic heterocycles. The van der Waals surface area contributed by atoms with E-state index in [1.807, 2.05) is 14.0 Å². The van der Waals surface area contributed by atoms with E-state index in [1.165, 1.54) is 19.4 Å². The smallest absolute Gasteiger partial charge is 0.409 e. The Kier molecular flexibility index (Phi) is 7.81. The summed E-state index contributed by atoms with van der Waals surface area (Å²) in [6.45, 7) is 13.1. The zero-order valence-electron chi connectivity index (χ0n) is 16.3. The number of ether oxygens (including phenoxy) is 1. The molecule has 1 amide bonds. The van der Waals surface area contributed by atoms with Crippen molar-refractivity contribution < 1.29 is 9.53 Å². The van der Waals surface area contributed by atoms with E-state index >= 15 is 0 Å². The molecule has 0 aromatic rings. The number of likely N-dealkylation sites (tertiary alicyclic amines) is 1. The highest BCUT2D eigenvalue weighted by molar-refractivity contribution is 5.80. The number of piperidine rings is 1. The van der Waals surface area contributed by atoms with E-state index in [0.717, 1.165) is 32.1 Å². The average molecular weight is 354 g/mol. The van der Waals surface area contributed by atoms with Crippen molar-refractivity contribution in [3.8, 4) is 0 Å². The van der Waals surface area contributed by atoms with Crippen molar-refractivity contribution in [1.29, 1.82) is 0 Å². The van der Waals surface area contributed by atoms with Gasteiger partial charge in [-0.1, -0.05) is 0 Å². The van der Waals surface area contributed by atoms with Crippen LogP contribution in [0.25, 0.3) is 0 Å². The third-order valence-electron chi connectivity index (χ3n) is 5.15. The van der Waals surface area contributed by atoms with E-state index in [0.29, 0.717) is 31.7 Å². The van der Waals surface area contributed by atoms with Gasteiger partial charge in [-0.3, -0.25) is 4.99 Å². The number of carbonyl (C=O) groups excluding carboxylic acids is 1. The van der Waals surface area contributed by atoms with Crippen LogP contribution in [0.4, 0.5) is 4.79 Å². The second kappa shape index (κ2) is 9.85. The molecule has 25 heavy (non-hydrogen) atoms. The van der Waals surface area contributed by atoms with Gasteiger partial charge in [0.05, 0.1) is 6.61 Å². The average Bonchev–Trinajstić information content (AvgIpc) is 2.63. The molecular formula is C18H35N5O2. The molecule has 2 heterocycles. The minimum atomic E-state index is -0.207. The van der Waals surface area contributed by atoms with Crippen molar-refractivity contribution >= 4 is 12.1 Å². The maximum Gasteiger partial charge on any atom is 0.409 e. The first-order valence-electron chi connectivity index (χ1n) is 9.66. The molecule has 2 fully saturated rings. The molecule has 0 aromatic carbocycles. The topological polar surface area (TPSA) is 60.4 Å². The fraction of sp³-hybridized carbons (Fsp3) is 0.889. The zero-order chi connectivity index (χ0) is 18.2. The van der Waals surface area contributed by atoms with Crippen molar-refractivity contribution in [1.82, 2.24) is 20.0 Å². The molecule has 2 rings (SSSR count). The van der Waals surface area contributed by atoms with E-state index in [4.69, 9.17) is 4.74 Å². The molecule has 0 spiro atoms. The Labute approximate surface area is 152 Å². The number of hydrogen-bond donors (Lipinski definition) is 1. The number of amides is 1. The maximum atomic E-state index is 11.8. The second-order valence-corrected chi connectivity index (χ2v) is 7.20. The number of nitrogens with one attached hydrogen (secondary N) is 1.